The zero-order valence-electron chi connectivity index (χ0n) is 23.2. The molecule has 0 heterocycles. The largest absolute Gasteiger partial charge is 1.00 e. The SMILES string of the molecule is OB(O)O.OB(O)O.OB(O)O.OB(O)O.OB(O)O.OB(O)O.OB(O)O.OB(O)O.OB(O)O.OB(O)O.[H-].[H-].[K+].[K+]. The minimum absolute atomic E-state index is 0. The van der Waals surface area contributed by atoms with Crippen molar-refractivity contribution in [3.8, 4) is 0 Å². The van der Waals surface area contributed by atoms with E-state index < -0.39 is 73.2 Å². The maximum atomic E-state index is 7.17. The maximum Gasteiger partial charge on any atom is 1.00 e. The molecule has 0 saturated carbocycles. The molecule has 244 valence electrons. The van der Waals surface area contributed by atoms with E-state index in [1.807, 2.05) is 0 Å². The number of hydrogen-bond donors (Lipinski definition) is 30. The van der Waals surface area contributed by atoms with Crippen LogP contribution >= 0.6 is 0 Å². The van der Waals surface area contributed by atoms with Crippen LogP contribution in [0.25, 0.3) is 0 Å². The molecule has 30 nitrogen and oxygen atoms in total. The molecule has 0 aromatic rings. The van der Waals surface area contributed by atoms with Crippen LogP contribution in [0.2, 0.25) is 0 Å². The molecule has 0 spiro atoms. The second kappa shape index (κ2) is 74.5. The molecule has 0 amide bonds. The van der Waals surface area contributed by atoms with Crippen molar-refractivity contribution >= 4 is 73.2 Å². The van der Waals surface area contributed by atoms with Crippen molar-refractivity contribution in [1.82, 2.24) is 0 Å². The fraction of sp³-hybridized carbons (Fsp3) is 0. The average Bonchev–Trinajstić information content (AvgIpc) is 2.47. The first-order valence-corrected chi connectivity index (χ1v) is 7.75. The van der Waals surface area contributed by atoms with Crippen molar-refractivity contribution in [1.29, 1.82) is 0 Å². The summed E-state index contributed by atoms with van der Waals surface area (Å²) in [5.74, 6) is 0. The molecule has 0 saturated heterocycles. The molecule has 30 N–H and O–H groups in total. The summed E-state index contributed by atoms with van der Waals surface area (Å²) in [6, 6.07) is 0. The Morgan fingerprint density at radius 3 is 0.143 bits per heavy atom. The van der Waals surface area contributed by atoms with Crippen molar-refractivity contribution in [2.24, 2.45) is 0 Å². The molecule has 0 aromatic heterocycles. The van der Waals surface area contributed by atoms with Crippen LogP contribution in [0, 0.1) is 0 Å². The van der Waals surface area contributed by atoms with E-state index in [1.165, 1.54) is 0 Å². The van der Waals surface area contributed by atoms with Crippen molar-refractivity contribution in [3.05, 3.63) is 0 Å². The van der Waals surface area contributed by atoms with Crippen LogP contribution < -0.4 is 103 Å². The summed E-state index contributed by atoms with van der Waals surface area (Å²) in [6.45, 7) is 0. The van der Waals surface area contributed by atoms with Crippen LogP contribution in [0.1, 0.15) is 2.85 Å². The summed E-state index contributed by atoms with van der Waals surface area (Å²) in [7, 11) is -21.7. The van der Waals surface area contributed by atoms with Crippen molar-refractivity contribution in [2.75, 3.05) is 0 Å². The molecule has 0 fully saturated rings. The molecule has 0 aliphatic heterocycles. The van der Waals surface area contributed by atoms with Gasteiger partial charge in [0.05, 0.1) is 0 Å². The first kappa shape index (κ1) is 79.8. The van der Waals surface area contributed by atoms with Gasteiger partial charge in [-0.1, -0.05) is 0 Å². The van der Waals surface area contributed by atoms with Gasteiger partial charge in [0.25, 0.3) is 0 Å². The van der Waals surface area contributed by atoms with Gasteiger partial charge < -0.3 is 154 Å². The van der Waals surface area contributed by atoms with E-state index in [0.717, 1.165) is 0 Å². The summed E-state index contributed by atoms with van der Waals surface area (Å²) in [6.07, 6.45) is 0. The first-order chi connectivity index (χ1) is 17.3. The molecule has 0 bridgehead atoms. The second-order valence-electron chi connectivity index (χ2n) is 3.46. The summed E-state index contributed by atoms with van der Waals surface area (Å²) in [4.78, 5) is 0. The molecule has 0 unspecified atom stereocenters. The van der Waals surface area contributed by atoms with Crippen LogP contribution in [-0.2, 0) is 0 Å². The van der Waals surface area contributed by atoms with E-state index in [-0.39, 0.29) is 106 Å². The van der Waals surface area contributed by atoms with E-state index in [0.29, 0.717) is 0 Å². The predicted molar refractivity (Wildman–Crippen MR) is 126 cm³/mol. The summed E-state index contributed by atoms with van der Waals surface area (Å²) in [5.41, 5.74) is 0. The molecule has 0 atom stereocenters. The molecule has 42 heteroatoms. The van der Waals surface area contributed by atoms with Gasteiger partial charge in [-0.25, -0.2) is 0 Å². The quantitative estimate of drug-likeness (QED) is 0.104. The van der Waals surface area contributed by atoms with Crippen LogP contribution in [0.3, 0.4) is 0 Å². The standard InChI is InChI=1S/10BH3O3.2K.2H/c10*2-1(3)4;;;;/h10*2-4H;;;;/q;;;;;;;;;;2*+1;2*-1. The number of rotatable bonds is 0. The molecule has 0 aliphatic rings. The minimum Gasteiger partial charge on any atom is -1.00 e. The van der Waals surface area contributed by atoms with Crippen LogP contribution in [-0.4, -0.2) is 224 Å². The molecule has 0 rings (SSSR count). The van der Waals surface area contributed by atoms with Crippen molar-refractivity contribution < 1.29 is 256 Å². The van der Waals surface area contributed by atoms with Gasteiger partial charge in [-0.2, -0.15) is 0 Å². The summed E-state index contributed by atoms with van der Waals surface area (Å²) < 4.78 is 0. The van der Waals surface area contributed by atoms with Crippen LogP contribution in [0.15, 0.2) is 0 Å². The van der Waals surface area contributed by atoms with Gasteiger partial charge in [-0.05, 0) is 0 Å². The zero-order chi connectivity index (χ0) is 35.8. The molecular formula is H32B10K2O30. The zero-order valence-corrected chi connectivity index (χ0v) is 27.4. The maximum absolute atomic E-state index is 7.17. The smallest absolute Gasteiger partial charge is 1.00 e. The Balaban J connectivity index is -0.0000000187. The van der Waals surface area contributed by atoms with Gasteiger partial charge in [-0.3, -0.25) is 0 Å². The van der Waals surface area contributed by atoms with Crippen LogP contribution in [0.5, 0.6) is 0 Å². The Morgan fingerprint density at radius 2 is 0.143 bits per heavy atom. The summed E-state index contributed by atoms with van der Waals surface area (Å²) in [5, 5.41) is 215. The Labute approximate surface area is 325 Å². The minimum atomic E-state index is -2.17. The van der Waals surface area contributed by atoms with Crippen molar-refractivity contribution in [2.45, 2.75) is 0 Å². The Bertz CT molecular complexity index is 203. The third-order valence-electron chi connectivity index (χ3n) is 0. The van der Waals surface area contributed by atoms with E-state index in [2.05, 4.69) is 0 Å². The number of hydrogen-bond acceptors (Lipinski definition) is 30. The average molecular weight is 699 g/mol. The van der Waals surface area contributed by atoms with Gasteiger partial charge in [0.15, 0.2) is 0 Å². The summed E-state index contributed by atoms with van der Waals surface area (Å²) >= 11 is 0. The molecule has 0 radical (unpaired) electrons. The van der Waals surface area contributed by atoms with Gasteiger partial charge >= 0.3 is 176 Å². The monoisotopic (exact) mass is 700 g/mol. The van der Waals surface area contributed by atoms with E-state index in [4.69, 9.17) is 151 Å². The molecular weight excluding hydrogens is 666 g/mol. The predicted octanol–water partition coefficient (Wildman–Crippen LogP) is -26.3. The first-order valence-electron chi connectivity index (χ1n) is 7.75. The second-order valence-corrected chi connectivity index (χ2v) is 3.46. The Hall–Kier alpha value is 2.72. The molecule has 0 aromatic carbocycles. The Kier molecular flexibility index (Phi) is 142. The molecule has 0 aliphatic carbocycles. The van der Waals surface area contributed by atoms with E-state index in [9.17, 15) is 0 Å². The fourth-order valence-corrected chi connectivity index (χ4v) is 0. The third-order valence-corrected chi connectivity index (χ3v) is 0. The Morgan fingerprint density at radius 1 is 0.143 bits per heavy atom. The van der Waals surface area contributed by atoms with E-state index in [1.54, 1.807) is 0 Å². The van der Waals surface area contributed by atoms with Gasteiger partial charge in [0.1, 0.15) is 0 Å². The fourth-order valence-electron chi connectivity index (χ4n) is 0. The van der Waals surface area contributed by atoms with E-state index >= 15 is 0 Å². The third kappa shape index (κ3) is 10000. The van der Waals surface area contributed by atoms with Gasteiger partial charge in [-0.15, -0.1) is 0 Å². The normalized spacial score (nSPS) is 6.43. The topological polar surface area (TPSA) is 607 Å². The molecule has 42 heavy (non-hydrogen) atoms. The van der Waals surface area contributed by atoms with Gasteiger partial charge in [0, 0.05) is 0 Å². The van der Waals surface area contributed by atoms with Crippen molar-refractivity contribution in [3.63, 3.8) is 0 Å². The van der Waals surface area contributed by atoms with Gasteiger partial charge in [0.2, 0.25) is 0 Å². The van der Waals surface area contributed by atoms with Crippen LogP contribution in [0.4, 0.5) is 0 Å².